The average Bonchev–Trinajstić information content (AvgIpc) is 2.49. The van der Waals surface area contributed by atoms with Gasteiger partial charge in [0.15, 0.2) is 0 Å². The first kappa shape index (κ1) is 9.68. The molecule has 0 saturated carbocycles. The van der Waals surface area contributed by atoms with Gasteiger partial charge in [0.2, 0.25) is 0 Å². The van der Waals surface area contributed by atoms with Crippen LogP contribution in [0.4, 0.5) is 5.69 Å². The summed E-state index contributed by atoms with van der Waals surface area (Å²) >= 11 is -1.31. The molecule has 2 atom stereocenters. The van der Waals surface area contributed by atoms with Gasteiger partial charge in [-0.15, -0.1) is 0 Å². The Labute approximate surface area is 86.5 Å². The first-order valence-electron chi connectivity index (χ1n) is 4.59. The molecule has 0 spiro atoms. The molecule has 1 unspecified atom stereocenters. The molecule has 1 fully saturated rings. The number of benzene rings is 1. The molecule has 1 aromatic rings. The van der Waals surface area contributed by atoms with Gasteiger partial charge in [0.05, 0.1) is 18.3 Å². The molecule has 1 saturated heterocycles. The number of hydrogen-bond donors (Lipinski definition) is 0. The standard InChI is InChI=1S/C10H13NO2S/c1-8-3-5-10(6-4-8)11-9(2)7-13-14(11)12/h3-6,9H,7H2,1-2H3/t9-,14?/m1/s1. The van der Waals surface area contributed by atoms with E-state index in [1.165, 1.54) is 5.56 Å². The Morgan fingerprint density at radius 2 is 2.07 bits per heavy atom. The summed E-state index contributed by atoms with van der Waals surface area (Å²) in [4.78, 5) is 0. The third-order valence-corrected chi connectivity index (χ3v) is 3.49. The zero-order chi connectivity index (χ0) is 10.1. The van der Waals surface area contributed by atoms with Crippen molar-refractivity contribution in [2.24, 2.45) is 0 Å². The van der Waals surface area contributed by atoms with Gasteiger partial charge in [0, 0.05) is 0 Å². The van der Waals surface area contributed by atoms with Crippen LogP contribution < -0.4 is 4.31 Å². The van der Waals surface area contributed by atoms with E-state index in [1.807, 2.05) is 38.1 Å². The summed E-state index contributed by atoms with van der Waals surface area (Å²) in [7, 11) is 0. The molecule has 76 valence electrons. The molecule has 1 aliphatic rings. The van der Waals surface area contributed by atoms with E-state index in [2.05, 4.69) is 0 Å². The minimum Gasteiger partial charge on any atom is -0.272 e. The van der Waals surface area contributed by atoms with E-state index >= 15 is 0 Å². The van der Waals surface area contributed by atoms with Gasteiger partial charge in [-0.3, -0.25) is 8.49 Å². The maximum atomic E-state index is 11.5. The predicted molar refractivity (Wildman–Crippen MR) is 57.2 cm³/mol. The van der Waals surface area contributed by atoms with Gasteiger partial charge in [-0.1, -0.05) is 17.7 Å². The van der Waals surface area contributed by atoms with Crippen molar-refractivity contribution < 1.29 is 8.39 Å². The largest absolute Gasteiger partial charge is 0.272 e. The van der Waals surface area contributed by atoms with Crippen LogP contribution in [0, 0.1) is 6.92 Å². The number of nitrogens with zero attached hydrogens (tertiary/aromatic N) is 1. The first-order valence-corrected chi connectivity index (χ1v) is 5.63. The van der Waals surface area contributed by atoms with Crippen molar-refractivity contribution in [3.8, 4) is 0 Å². The smallest absolute Gasteiger partial charge is 0.264 e. The fraction of sp³-hybridized carbons (Fsp3) is 0.400. The van der Waals surface area contributed by atoms with E-state index < -0.39 is 11.3 Å². The van der Waals surface area contributed by atoms with E-state index in [4.69, 9.17) is 4.18 Å². The number of anilines is 1. The molecular formula is C10H13NO2S. The van der Waals surface area contributed by atoms with Gasteiger partial charge in [-0.25, -0.2) is 4.21 Å². The number of rotatable bonds is 1. The molecule has 1 heterocycles. The molecule has 3 nitrogen and oxygen atoms in total. The van der Waals surface area contributed by atoms with Gasteiger partial charge in [-0.2, -0.15) is 0 Å². The van der Waals surface area contributed by atoms with E-state index in [9.17, 15) is 4.21 Å². The van der Waals surface area contributed by atoms with E-state index in [-0.39, 0.29) is 6.04 Å². The minimum absolute atomic E-state index is 0.179. The van der Waals surface area contributed by atoms with Crippen LogP contribution in [0.2, 0.25) is 0 Å². The highest BCUT2D eigenvalue weighted by Gasteiger charge is 2.28. The summed E-state index contributed by atoms with van der Waals surface area (Å²) in [6, 6.07) is 8.14. The van der Waals surface area contributed by atoms with Crippen molar-refractivity contribution in [2.45, 2.75) is 19.9 Å². The van der Waals surface area contributed by atoms with Crippen molar-refractivity contribution in [1.29, 1.82) is 0 Å². The Kier molecular flexibility index (Phi) is 2.56. The van der Waals surface area contributed by atoms with Crippen LogP contribution in [-0.2, 0) is 15.4 Å². The Hall–Kier alpha value is -0.870. The van der Waals surface area contributed by atoms with E-state index in [0.29, 0.717) is 6.61 Å². The molecular weight excluding hydrogens is 198 g/mol. The van der Waals surface area contributed by atoms with Crippen molar-refractivity contribution in [1.82, 2.24) is 0 Å². The Balaban J connectivity index is 2.30. The maximum Gasteiger partial charge on any atom is 0.264 e. The number of aryl methyl sites for hydroxylation is 1. The normalized spacial score (nSPS) is 26.9. The SMILES string of the molecule is Cc1ccc(N2[C@H](C)COS2=O)cc1. The number of hydrogen-bond acceptors (Lipinski definition) is 2. The van der Waals surface area contributed by atoms with E-state index in [1.54, 1.807) is 4.31 Å². The van der Waals surface area contributed by atoms with Gasteiger partial charge in [-0.05, 0) is 26.0 Å². The summed E-state index contributed by atoms with van der Waals surface area (Å²) in [6.45, 7) is 4.57. The maximum absolute atomic E-state index is 11.5. The van der Waals surface area contributed by atoms with Crippen LogP contribution in [0.5, 0.6) is 0 Å². The van der Waals surface area contributed by atoms with Crippen LogP contribution in [0.1, 0.15) is 12.5 Å². The second-order valence-corrected chi connectivity index (χ2v) is 4.58. The molecule has 1 aromatic carbocycles. The summed E-state index contributed by atoms with van der Waals surface area (Å²) in [5, 5.41) is 0. The van der Waals surface area contributed by atoms with Crippen LogP contribution in [0.15, 0.2) is 24.3 Å². The highest BCUT2D eigenvalue weighted by atomic mass is 32.2. The molecule has 4 heteroatoms. The Morgan fingerprint density at radius 1 is 1.43 bits per heavy atom. The molecule has 2 rings (SSSR count). The second kappa shape index (κ2) is 3.71. The average molecular weight is 211 g/mol. The summed E-state index contributed by atoms with van der Waals surface area (Å²) in [5.74, 6) is 0. The van der Waals surface area contributed by atoms with Gasteiger partial charge in [0.1, 0.15) is 0 Å². The molecule has 1 aliphatic heterocycles. The monoisotopic (exact) mass is 211 g/mol. The molecule has 0 bridgehead atoms. The molecule has 0 N–H and O–H groups in total. The third-order valence-electron chi connectivity index (χ3n) is 2.26. The van der Waals surface area contributed by atoms with Gasteiger partial charge < -0.3 is 0 Å². The third kappa shape index (κ3) is 1.67. The van der Waals surface area contributed by atoms with Crippen molar-refractivity contribution >= 4 is 17.0 Å². The summed E-state index contributed by atoms with van der Waals surface area (Å²) in [5.41, 5.74) is 2.16. The lowest BCUT2D eigenvalue weighted by molar-refractivity contribution is 0.366. The minimum atomic E-state index is -1.31. The van der Waals surface area contributed by atoms with E-state index in [0.717, 1.165) is 5.69 Å². The fourth-order valence-electron chi connectivity index (χ4n) is 1.46. The second-order valence-electron chi connectivity index (χ2n) is 3.51. The highest BCUT2D eigenvalue weighted by Crippen LogP contribution is 2.24. The first-order chi connectivity index (χ1) is 6.68. The molecule has 0 amide bonds. The van der Waals surface area contributed by atoms with Crippen LogP contribution in [0.3, 0.4) is 0 Å². The summed E-state index contributed by atoms with van der Waals surface area (Å²) in [6.07, 6.45) is 0. The van der Waals surface area contributed by atoms with Gasteiger partial charge >= 0.3 is 0 Å². The topological polar surface area (TPSA) is 29.5 Å². The molecule has 0 radical (unpaired) electrons. The summed E-state index contributed by atoms with van der Waals surface area (Å²) < 4.78 is 18.3. The van der Waals surface area contributed by atoms with Crippen LogP contribution >= 0.6 is 0 Å². The van der Waals surface area contributed by atoms with Crippen molar-refractivity contribution in [2.75, 3.05) is 10.9 Å². The highest BCUT2D eigenvalue weighted by molar-refractivity contribution is 7.82. The lowest BCUT2D eigenvalue weighted by atomic mass is 10.2. The van der Waals surface area contributed by atoms with Crippen LogP contribution in [0.25, 0.3) is 0 Å². The van der Waals surface area contributed by atoms with Crippen LogP contribution in [-0.4, -0.2) is 16.9 Å². The van der Waals surface area contributed by atoms with Crippen molar-refractivity contribution in [3.63, 3.8) is 0 Å². The molecule has 0 aromatic heterocycles. The quantitative estimate of drug-likeness (QED) is 0.709. The molecule has 0 aliphatic carbocycles. The lowest BCUT2D eigenvalue weighted by Gasteiger charge is -2.18. The zero-order valence-corrected chi connectivity index (χ0v) is 9.08. The molecule has 14 heavy (non-hydrogen) atoms. The fourth-order valence-corrected chi connectivity index (χ4v) is 2.54. The zero-order valence-electron chi connectivity index (χ0n) is 8.27. The Bertz CT molecular complexity index is 350. The Morgan fingerprint density at radius 3 is 2.57 bits per heavy atom. The van der Waals surface area contributed by atoms with Crippen molar-refractivity contribution in [3.05, 3.63) is 29.8 Å². The van der Waals surface area contributed by atoms with Gasteiger partial charge in [0.25, 0.3) is 11.3 Å². The predicted octanol–water partition coefficient (Wildman–Crippen LogP) is 1.80. The lowest BCUT2D eigenvalue weighted by Crippen LogP contribution is -2.28.